The van der Waals surface area contributed by atoms with Crippen LogP contribution in [-0.4, -0.2) is 30.8 Å². The van der Waals surface area contributed by atoms with Crippen LogP contribution in [0.15, 0.2) is 17.5 Å². The van der Waals surface area contributed by atoms with Gasteiger partial charge in [-0.25, -0.2) is 0 Å². The highest BCUT2D eigenvalue weighted by Crippen LogP contribution is 2.18. The average Bonchev–Trinajstić information content (AvgIpc) is 2.81. The Balaban J connectivity index is 2.49. The van der Waals surface area contributed by atoms with Crippen molar-refractivity contribution in [3.05, 3.63) is 22.4 Å². The first kappa shape index (κ1) is 14.2. The van der Waals surface area contributed by atoms with Crippen molar-refractivity contribution in [1.29, 1.82) is 0 Å². The van der Waals surface area contributed by atoms with E-state index in [0.717, 1.165) is 4.88 Å². The van der Waals surface area contributed by atoms with Crippen molar-refractivity contribution >= 4 is 17.3 Å². The van der Waals surface area contributed by atoms with Gasteiger partial charge in [-0.05, 0) is 17.4 Å². The molecule has 1 rings (SSSR count). The lowest BCUT2D eigenvalue weighted by Crippen LogP contribution is -2.43. The van der Waals surface area contributed by atoms with Gasteiger partial charge in [-0.15, -0.1) is 11.3 Å². The van der Waals surface area contributed by atoms with Crippen molar-refractivity contribution in [2.45, 2.75) is 26.0 Å². The van der Waals surface area contributed by atoms with Crippen molar-refractivity contribution in [1.82, 2.24) is 5.32 Å². The zero-order valence-electron chi connectivity index (χ0n) is 10.3. The van der Waals surface area contributed by atoms with E-state index in [9.17, 15) is 9.90 Å². The van der Waals surface area contributed by atoms with Gasteiger partial charge in [-0.3, -0.25) is 4.79 Å². The smallest absolute Gasteiger partial charge is 0.323 e. The molecule has 0 spiro atoms. The van der Waals surface area contributed by atoms with Gasteiger partial charge in [0, 0.05) is 11.4 Å². The Morgan fingerprint density at radius 1 is 1.59 bits per heavy atom. The summed E-state index contributed by atoms with van der Waals surface area (Å²) in [5.41, 5.74) is 0. The van der Waals surface area contributed by atoms with Crippen molar-refractivity contribution in [3.8, 4) is 0 Å². The molecule has 0 amide bonds. The van der Waals surface area contributed by atoms with Crippen LogP contribution in [0.5, 0.6) is 0 Å². The average molecular weight is 257 g/mol. The SMILES string of the molecule is COC(=O)C(NCC(O)c1cccs1)C(C)C. The van der Waals surface area contributed by atoms with Crippen LogP contribution in [0.1, 0.15) is 24.8 Å². The number of hydrogen-bond donors (Lipinski definition) is 2. The number of esters is 1. The van der Waals surface area contributed by atoms with Gasteiger partial charge in [-0.1, -0.05) is 19.9 Å². The van der Waals surface area contributed by atoms with Gasteiger partial charge >= 0.3 is 5.97 Å². The lowest BCUT2D eigenvalue weighted by molar-refractivity contribution is -0.144. The Bertz CT molecular complexity index is 338. The number of carbonyl (C=O) groups is 1. The van der Waals surface area contributed by atoms with Crippen molar-refractivity contribution in [2.75, 3.05) is 13.7 Å². The summed E-state index contributed by atoms with van der Waals surface area (Å²) >= 11 is 1.50. The van der Waals surface area contributed by atoms with E-state index in [0.29, 0.717) is 6.54 Å². The minimum Gasteiger partial charge on any atom is -0.468 e. The fraction of sp³-hybridized carbons (Fsp3) is 0.583. The molecule has 0 aromatic carbocycles. The van der Waals surface area contributed by atoms with Crippen LogP contribution in [0.2, 0.25) is 0 Å². The predicted octanol–water partition coefficient (Wildman–Crippen LogP) is 1.57. The maximum absolute atomic E-state index is 11.5. The van der Waals surface area contributed by atoms with Crippen LogP contribution in [-0.2, 0) is 9.53 Å². The second-order valence-corrected chi connectivity index (χ2v) is 5.16. The van der Waals surface area contributed by atoms with E-state index in [1.54, 1.807) is 0 Å². The third-order valence-corrected chi connectivity index (χ3v) is 3.50. The van der Waals surface area contributed by atoms with E-state index in [4.69, 9.17) is 4.74 Å². The number of rotatable bonds is 6. The zero-order chi connectivity index (χ0) is 12.8. The third kappa shape index (κ3) is 4.11. The molecule has 0 saturated heterocycles. The van der Waals surface area contributed by atoms with E-state index in [-0.39, 0.29) is 17.9 Å². The number of aliphatic hydroxyl groups is 1. The number of thiophene rings is 1. The molecule has 96 valence electrons. The Kier molecular flexibility index (Phi) is 5.61. The van der Waals surface area contributed by atoms with Gasteiger partial charge in [0.05, 0.1) is 7.11 Å². The van der Waals surface area contributed by atoms with E-state index < -0.39 is 6.10 Å². The Hall–Kier alpha value is -0.910. The maximum Gasteiger partial charge on any atom is 0.323 e. The highest BCUT2D eigenvalue weighted by atomic mass is 32.1. The van der Waals surface area contributed by atoms with Gasteiger partial charge in [0.2, 0.25) is 0 Å². The monoisotopic (exact) mass is 257 g/mol. The normalized spacial score (nSPS) is 14.6. The topological polar surface area (TPSA) is 58.6 Å². The fourth-order valence-electron chi connectivity index (χ4n) is 1.54. The zero-order valence-corrected chi connectivity index (χ0v) is 11.2. The summed E-state index contributed by atoms with van der Waals surface area (Å²) in [6.45, 7) is 4.22. The van der Waals surface area contributed by atoms with Gasteiger partial charge in [0.1, 0.15) is 12.1 Å². The number of carbonyl (C=O) groups excluding carboxylic acids is 1. The molecule has 0 fully saturated rings. The fourth-order valence-corrected chi connectivity index (χ4v) is 2.25. The summed E-state index contributed by atoms with van der Waals surface area (Å²) in [5.74, 6) is -0.170. The third-order valence-electron chi connectivity index (χ3n) is 2.52. The molecule has 17 heavy (non-hydrogen) atoms. The van der Waals surface area contributed by atoms with Gasteiger partial charge in [-0.2, -0.15) is 0 Å². The van der Waals surface area contributed by atoms with E-state index in [1.807, 2.05) is 31.4 Å². The molecule has 2 atom stereocenters. The lowest BCUT2D eigenvalue weighted by Gasteiger charge is -2.21. The number of ether oxygens (including phenoxy) is 1. The van der Waals surface area contributed by atoms with Crippen molar-refractivity contribution < 1.29 is 14.6 Å². The first-order valence-electron chi connectivity index (χ1n) is 5.59. The first-order valence-corrected chi connectivity index (χ1v) is 6.47. The molecule has 0 bridgehead atoms. The van der Waals surface area contributed by atoms with Crippen LogP contribution in [0.3, 0.4) is 0 Å². The number of hydrogen-bond acceptors (Lipinski definition) is 5. The Morgan fingerprint density at radius 2 is 2.29 bits per heavy atom. The molecule has 2 N–H and O–H groups in total. The Morgan fingerprint density at radius 3 is 2.76 bits per heavy atom. The van der Waals surface area contributed by atoms with Crippen LogP contribution in [0, 0.1) is 5.92 Å². The summed E-state index contributed by atoms with van der Waals surface area (Å²) in [5, 5.41) is 14.8. The van der Waals surface area contributed by atoms with Gasteiger partial charge in [0.25, 0.3) is 0 Å². The molecule has 5 heteroatoms. The van der Waals surface area contributed by atoms with Gasteiger partial charge < -0.3 is 15.2 Å². The highest BCUT2D eigenvalue weighted by molar-refractivity contribution is 7.10. The molecule has 0 saturated carbocycles. The number of nitrogens with one attached hydrogen (secondary N) is 1. The summed E-state index contributed by atoms with van der Waals surface area (Å²) in [6, 6.07) is 3.39. The summed E-state index contributed by atoms with van der Waals surface area (Å²) < 4.78 is 4.72. The molecular weight excluding hydrogens is 238 g/mol. The largest absolute Gasteiger partial charge is 0.468 e. The number of methoxy groups -OCH3 is 1. The molecule has 1 heterocycles. The van der Waals surface area contributed by atoms with E-state index in [2.05, 4.69) is 5.32 Å². The van der Waals surface area contributed by atoms with Crippen molar-refractivity contribution in [2.24, 2.45) is 5.92 Å². The first-order chi connectivity index (χ1) is 8.06. The minimum atomic E-state index is -0.582. The molecule has 0 aliphatic heterocycles. The van der Waals surface area contributed by atoms with Crippen molar-refractivity contribution in [3.63, 3.8) is 0 Å². The van der Waals surface area contributed by atoms with Crippen LogP contribution < -0.4 is 5.32 Å². The molecular formula is C12H19NO3S. The number of aliphatic hydroxyl groups excluding tert-OH is 1. The quantitative estimate of drug-likeness (QED) is 0.759. The second kappa shape index (κ2) is 6.74. The minimum absolute atomic E-state index is 0.123. The van der Waals surface area contributed by atoms with Crippen LogP contribution in [0.25, 0.3) is 0 Å². The van der Waals surface area contributed by atoms with Crippen LogP contribution >= 0.6 is 11.3 Å². The molecule has 0 aliphatic carbocycles. The molecule has 0 aliphatic rings. The second-order valence-electron chi connectivity index (χ2n) is 4.18. The molecule has 0 radical (unpaired) electrons. The predicted molar refractivity (Wildman–Crippen MR) is 67.9 cm³/mol. The maximum atomic E-state index is 11.5. The van der Waals surface area contributed by atoms with E-state index >= 15 is 0 Å². The van der Waals surface area contributed by atoms with Crippen LogP contribution in [0.4, 0.5) is 0 Å². The van der Waals surface area contributed by atoms with E-state index in [1.165, 1.54) is 18.4 Å². The van der Waals surface area contributed by atoms with Gasteiger partial charge in [0.15, 0.2) is 0 Å². The summed E-state index contributed by atoms with van der Waals surface area (Å²) in [4.78, 5) is 12.4. The summed E-state index contributed by atoms with van der Waals surface area (Å²) in [7, 11) is 1.37. The molecule has 1 aromatic rings. The summed E-state index contributed by atoms with van der Waals surface area (Å²) in [6.07, 6.45) is -0.582. The molecule has 4 nitrogen and oxygen atoms in total. The Labute approximate surface area is 106 Å². The lowest BCUT2D eigenvalue weighted by atomic mass is 10.0. The molecule has 2 unspecified atom stereocenters. The molecule has 1 aromatic heterocycles. The highest BCUT2D eigenvalue weighted by Gasteiger charge is 2.23. The standard InChI is InChI=1S/C12H19NO3S/c1-8(2)11(12(15)16-3)13-7-9(14)10-5-4-6-17-10/h4-6,8-9,11,13-14H,7H2,1-3H3.